The van der Waals surface area contributed by atoms with E-state index in [2.05, 4.69) is 20.4 Å². The van der Waals surface area contributed by atoms with Gasteiger partial charge in [-0.3, -0.25) is 4.79 Å². The largest absolute Gasteiger partial charge is 0.398 e. The van der Waals surface area contributed by atoms with Crippen LogP contribution < -0.4 is 5.32 Å². The molecule has 0 spiro atoms. The standard InChI is InChI=1S/C21H22F3N5OS/c1-12-9-13(2)26-20(25-12)29-15(4)16(14(3)28-29)10-19(30)27-17-7-5-6-8-18(17)31-11-21(22,23)24/h5-9H,10-11H2,1-4H3,(H,27,30). The number of alkyl halides is 3. The van der Waals surface area contributed by atoms with Crippen LogP contribution in [0, 0.1) is 27.7 Å². The molecule has 31 heavy (non-hydrogen) atoms. The van der Waals surface area contributed by atoms with Crippen LogP contribution in [-0.4, -0.2) is 37.6 Å². The monoisotopic (exact) mass is 449 g/mol. The summed E-state index contributed by atoms with van der Waals surface area (Å²) in [5.74, 6) is -0.938. The summed E-state index contributed by atoms with van der Waals surface area (Å²) in [5, 5.41) is 7.20. The molecule has 3 aromatic rings. The minimum Gasteiger partial charge on any atom is -0.325 e. The summed E-state index contributed by atoms with van der Waals surface area (Å²) >= 11 is 0.640. The van der Waals surface area contributed by atoms with Gasteiger partial charge in [0.05, 0.1) is 23.6 Å². The summed E-state index contributed by atoms with van der Waals surface area (Å²) in [6.45, 7) is 7.36. The number of rotatable bonds is 6. The second kappa shape index (κ2) is 9.09. The second-order valence-corrected chi connectivity index (χ2v) is 8.15. The first kappa shape index (κ1) is 22.8. The molecule has 0 bridgehead atoms. The van der Waals surface area contributed by atoms with Gasteiger partial charge < -0.3 is 5.32 Å². The number of aromatic nitrogens is 4. The Hall–Kier alpha value is -2.88. The number of nitrogens with zero attached hydrogens (tertiary/aromatic N) is 4. The highest BCUT2D eigenvalue weighted by atomic mass is 32.2. The molecule has 0 fully saturated rings. The number of hydrogen-bond donors (Lipinski definition) is 1. The molecule has 0 unspecified atom stereocenters. The molecule has 3 rings (SSSR count). The van der Waals surface area contributed by atoms with Gasteiger partial charge in [-0.05, 0) is 45.9 Å². The maximum atomic E-state index is 12.7. The topological polar surface area (TPSA) is 72.7 Å². The highest BCUT2D eigenvalue weighted by Gasteiger charge is 2.28. The van der Waals surface area contributed by atoms with E-state index in [1.165, 1.54) is 0 Å². The van der Waals surface area contributed by atoms with Crippen LogP contribution in [0.15, 0.2) is 35.2 Å². The second-order valence-electron chi connectivity index (χ2n) is 7.14. The molecule has 6 nitrogen and oxygen atoms in total. The number of anilines is 1. The van der Waals surface area contributed by atoms with Crippen LogP contribution in [0.25, 0.3) is 5.95 Å². The van der Waals surface area contributed by atoms with Crippen molar-refractivity contribution in [1.29, 1.82) is 0 Å². The molecule has 2 aromatic heterocycles. The van der Waals surface area contributed by atoms with Crippen molar-refractivity contribution in [1.82, 2.24) is 19.7 Å². The van der Waals surface area contributed by atoms with E-state index in [9.17, 15) is 18.0 Å². The van der Waals surface area contributed by atoms with E-state index in [0.29, 0.717) is 34.0 Å². The quantitative estimate of drug-likeness (QED) is 0.551. The van der Waals surface area contributed by atoms with E-state index in [-0.39, 0.29) is 12.3 Å². The molecule has 10 heteroatoms. The van der Waals surface area contributed by atoms with Crippen LogP contribution in [0.4, 0.5) is 18.9 Å². The molecule has 1 amide bonds. The maximum Gasteiger partial charge on any atom is 0.398 e. The number of benzene rings is 1. The molecule has 0 aliphatic carbocycles. The fourth-order valence-electron chi connectivity index (χ4n) is 3.14. The molecule has 164 valence electrons. The Morgan fingerprint density at radius 3 is 2.39 bits per heavy atom. The molecule has 0 atom stereocenters. The Labute approximate surface area is 182 Å². The Bertz CT molecular complexity index is 1090. The number of amides is 1. The first-order valence-corrected chi connectivity index (χ1v) is 10.5. The van der Waals surface area contributed by atoms with Crippen molar-refractivity contribution in [2.24, 2.45) is 0 Å². The van der Waals surface area contributed by atoms with Crippen molar-refractivity contribution >= 4 is 23.4 Å². The van der Waals surface area contributed by atoms with Crippen molar-refractivity contribution in [2.45, 2.75) is 45.2 Å². The number of thioether (sulfide) groups is 1. The summed E-state index contributed by atoms with van der Waals surface area (Å²) in [4.78, 5) is 21.9. The lowest BCUT2D eigenvalue weighted by Gasteiger charge is -2.12. The van der Waals surface area contributed by atoms with Gasteiger partial charge in [0, 0.05) is 27.5 Å². The van der Waals surface area contributed by atoms with E-state index >= 15 is 0 Å². The van der Waals surface area contributed by atoms with Crippen molar-refractivity contribution < 1.29 is 18.0 Å². The molecule has 1 aromatic carbocycles. The zero-order chi connectivity index (χ0) is 22.8. The summed E-state index contributed by atoms with van der Waals surface area (Å²) in [5.41, 5.74) is 4.08. The van der Waals surface area contributed by atoms with E-state index in [1.807, 2.05) is 26.8 Å². The zero-order valence-electron chi connectivity index (χ0n) is 17.5. The molecular formula is C21H22F3N5OS. The fraction of sp³-hybridized carbons (Fsp3) is 0.333. The highest BCUT2D eigenvalue weighted by Crippen LogP contribution is 2.32. The third-order valence-corrected chi connectivity index (χ3v) is 5.63. The van der Waals surface area contributed by atoms with Gasteiger partial charge in [-0.25, -0.2) is 14.6 Å². The van der Waals surface area contributed by atoms with Gasteiger partial charge in [-0.15, -0.1) is 11.8 Å². The summed E-state index contributed by atoms with van der Waals surface area (Å²) in [7, 11) is 0. The normalized spacial score (nSPS) is 11.6. The first-order chi connectivity index (χ1) is 14.5. The third-order valence-electron chi connectivity index (χ3n) is 4.49. The Balaban J connectivity index is 1.79. The molecule has 0 radical (unpaired) electrons. The minimum absolute atomic E-state index is 0.0285. The average molecular weight is 450 g/mol. The predicted molar refractivity (Wildman–Crippen MR) is 114 cm³/mol. The third kappa shape index (κ3) is 5.84. The molecule has 0 saturated carbocycles. The van der Waals surface area contributed by atoms with E-state index in [1.54, 1.807) is 35.9 Å². The van der Waals surface area contributed by atoms with Crippen molar-refractivity contribution in [3.63, 3.8) is 0 Å². The number of nitrogens with one attached hydrogen (secondary N) is 1. The number of halogens is 3. The Morgan fingerprint density at radius 2 is 1.74 bits per heavy atom. The van der Waals surface area contributed by atoms with Crippen molar-refractivity contribution in [2.75, 3.05) is 11.1 Å². The maximum absolute atomic E-state index is 12.7. The zero-order valence-corrected chi connectivity index (χ0v) is 18.4. The lowest BCUT2D eigenvalue weighted by molar-refractivity contribution is -0.115. The molecule has 2 heterocycles. The molecular weight excluding hydrogens is 427 g/mol. The van der Waals surface area contributed by atoms with Crippen LogP contribution in [0.3, 0.4) is 0 Å². The predicted octanol–water partition coefficient (Wildman–Crippen LogP) is 4.73. The van der Waals surface area contributed by atoms with Gasteiger partial charge in [-0.1, -0.05) is 12.1 Å². The first-order valence-electron chi connectivity index (χ1n) is 9.49. The van der Waals surface area contributed by atoms with Gasteiger partial charge in [0.2, 0.25) is 5.91 Å². The van der Waals surface area contributed by atoms with Gasteiger partial charge in [-0.2, -0.15) is 18.3 Å². The lowest BCUT2D eigenvalue weighted by Crippen LogP contribution is -2.16. The minimum atomic E-state index is -4.29. The number of carbonyl (C=O) groups excluding carboxylic acids is 1. The smallest absolute Gasteiger partial charge is 0.325 e. The van der Waals surface area contributed by atoms with E-state index in [0.717, 1.165) is 22.6 Å². The van der Waals surface area contributed by atoms with E-state index in [4.69, 9.17) is 0 Å². The number of hydrogen-bond acceptors (Lipinski definition) is 5. The van der Waals surface area contributed by atoms with Crippen LogP contribution in [0.2, 0.25) is 0 Å². The van der Waals surface area contributed by atoms with E-state index < -0.39 is 11.9 Å². The summed E-state index contributed by atoms with van der Waals surface area (Å²) < 4.78 is 39.3. The van der Waals surface area contributed by atoms with Crippen LogP contribution in [0.1, 0.15) is 28.3 Å². The van der Waals surface area contributed by atoms with Gasteiger partial charge in [0.1, 0.15) is 0 Å². The average Bonchev–Trinajstić information content (AvgIpc) is 2.94. The van der Waals surface area contributed by atoms with Gasteiger partial charge in [0.25, 0.3) is 5.95 Å². The fourth-order valence-corrected chi connectivity index (χ4v) is 3.91. The number of aryl methyl sites for hydroxylation is 3. The highest BCUT2D eigenvalue weighted by molar-refractivity contribution is 7.99. The number of carbonyl (C=O) groups is 1. The molecule has 0 aliphatic heterocycles. The van der Waals surface area contributed by atoms with Crippen LogP contribution in [-0.2, 0) is 11.2 Å². The Kier molecular flexibility index (Phi) is 6.68. The van der Waals surface area contributed by atoms with Crippen molar-refractivity contribution in [3.05, 3.63) is 58.7 Å². The van der Waals surface area contributed by atoms with Crippen LogP contribution >= 0.6 is 11.8 Å². The summed E-state index contributed by atoms with van der Waals surface area (Å²) in [6.07, 6.45) is -4.26. The Morgan fingerprint density at radius 1 is 1.10 bits per heavy atom. The van der Waals surface area contributed by atoms with Gasteiger partial charge in [0.15, 0.2) is 0 Å². The molecule has 1 N–H and O–H groups in total. The SMILES string of the molecule is Cc1cc(C)nc(-n2nc(C)c(CC(=O)Nc3ccccc3SCC(F)(F)F)c2C)n1. The molecule has 0 aliphatic rings. The lowest BCUT2D eigenvalue weighted by atomic mass is 10.1. The van der Waals surface area contributed by atoms with Crippen molar-refractivity contribution in [3.8, 4) is 5.95 Å². The van der Waals surface area contributed by atoms with Gasteiger partial charge >= 0.3 is 6.18 Å². The number of para-hydroxylation sites is 1. The molecule has 0 saturated heterocycles. The summed E-state index contributed by atoms with van der Waals surface area (Å²) in [6, 6.07) is 8.30. The van der Waals surface area contributed by atoms with Crippen LogP contribution in [0.5, 0.6) is 0 Å².